The molecule has 0 aliphatic heterocycles. The monoisotopic (exact) mass is 412 g/mol. The Kier molecular flexibility index (Phi) is 7.03. The summed E-state index contributed by atoms with van der Waals surface area (Å²) in [6.45, 7) is 0.224. The number of methoxy groups -OCH3 is 1. The molecule has 6 nitrogen and oxygen atoms in total. The normalized spacial score (nSPS) is 10.6. The van der Waals surface area contributed by atoms with E-state index in [4.69, 9.17) is 20.8 Å². The first kappa shape index (κ1) is 20.6. The van der Waals surface area contributed by atoms with Gasteiger partial charge in [-0.05, 0) is 29.8 Å². The highest BCUT2D eigenvalue weighted by atomic mass is 35.5. The minimum atomic E-state index is -0.463. The minimum absolute atomic E-state index is 0.105. The number of nitrogens with zero attached hydrogens (tertiary/aromatic N) is 2. The molecule has 0 unspecified atom stereocenters. The number of halogens is 1. The number of benzene rings is 2. The zero-order chi connectivity index (χ0) is 20.6. The van der Waals surface area contributed by atoms with Crippen molar-refractivity contribution in [3.8, 4) is 11.3 Å². The number of carbonyl (C=O) groups excluding carboxylic acids is 2. The standard InChI is InChI=1S/C22H21ClN2O4/c1-28-22(27)15-25(14-16-5-3-2-4-6-16)21(26)12-11-20-24-13-19(29-20)17-7-9-18(23)10-8-17/h2-10,13H,11-12,14-15H2,1H3. The molecule has 0 bridgehead atoms. The van der Waals surface area contributed by atoms with Gasteiger partial charge in [-0.15, -0.1) is 0 Å². The number of aromatic nitrogens is 1. The van der Waals surface area contributed by atoms with Gasteiger partial charge < -0.3 is 14.1 Å². The minimum Gasteiger partial charge on any atom is -0.468 e. The van der Waals surface area contributed by atoms with E-state index in [-0.39, 0.29) is 18.9 Å². The molecule has 29 heavy (non-hydrogen) atoms. The van der Waals surface area contributed by atoms with Crippen LogP contribution in [0.1, 0.15) is 17.9 Å². The summed E-state index contributed by atoms with van der Waals surface area (Å²) < 4.78 is 10.5. The van der Waals surface area contributed by atoms with E-state index in [1.165, 1.54) is 12.0 Å². The van der Waals surface area contributed by atoms with E-state index in [1.807, 2.05) is 42.5 Å². The lowest BCUT2D eigenvalue weighted by Gasteiger charge is -2.21. The lowest BCUT2D eigenvalue weighted by Crippen LogP contribution is -2.35. The van der Waals surface area contributed by atoms with Gasteiger partial charge in [0.2, 0.25) is 5.91 Å². The second-order valence-electron chi connectivity index (χ2n) is 6.44. The third kappa shape index (κ3) is 5.93. The van der Waals surface area contributed by atoms with Gasteiger partial charge in [-0.2, -0.15) is 0 Å². The van der Waals surface area contributed by atoms with Crippen LogP contribution in [0.25, 0.3) is 11.3 Å². The van der Waals surface area contributed by atoms with Crippen LogP contribution < -0.4 is 0 Å². The third-order valence-corrected chi connectivity index (χ3v) is 4.60. The molecule has 1 heterocycles. The van der Waals surface area contributed by atoms with Crippen molar-refractivity contribution >= 4 is 23.5 Å². The van der Waals surface area contributed by atoms with Gasteiger partial charge in [-0.3, -0.25) is 9.59 Å². The van der Waals surface area contributed by atoms with Crippen molar-refractivity contribution in [2.75, 3.05) is 13.7 Å². The van der Waals surface area contributed by atoms with E-state index in [0.717, 1.165) is 11.1 Å². The fourth-order valence-corrected chi connectivity index (χ4v) is 2.93. The van der Waals surface area contributed by atoms with E-state index >= 15 is 0 Å². The van der Waals surface area contributed by atoms with E-state index in [2.05, 4.69) is 4.98 Å². The zero-order valence-corrected chi connectivity index (χ0v) is 16.8. The maximum absolute atomic E-state index is 12.7. The number of carbonyl (C=O) groups is 2. The molecule has 7 heteroatoms. The van der Waals surface area contributed by atoms with Gasteiger partial charge in [0.25, 0.3) is 0 Å². The van der Waals surface area contributed by atoms with Crippen LogP contribution in [-0.4, -0.2) is 35.4 Å². The zero-order valence-electron chi connectivity index (χ0n) is 16.0. The topological polar surface area (TPSA) is 72.6 Å². The molecule has 0 N–H and O–H groups in total. The van der Waals surface area contributed by atoms with Gasteiger partial charge in [0.05, 0.1) is 13.3 Å². The molecule has 0 spiro atoms. The summed E-state index contributed by atoms with van der Waals surface area (Å²) >= 11 is 5.90. The molecule has 150 valence electrons. The average molecular weight is 413 g/mol. The SMILES string of the molecule is COC(=O)CN(Cc1ccccc1)C(=O)CCc1ncc(-c2ccc(Cl)cc2)o1. The fraction of sp³-hybridized carbons (Fsp3) is 0.227. The van der Waals surface area contributed by atoms with Gasteiger partial charge in [0.1, 0.15) is 6.54 Å². The molecule has 3 rings (SSSR count). The average Bonchev–Trinajstić information content (AvgIpc) is 3.21. The van der Waals surface area contributed by atoms with Crippen molar-refractivity contribution in [2.24, 2.45) is 0 Å². The molecular formula is C22H21ClN2O4. The quantitative estimate of drug-likeness (QED) is 0.520. The molecule has 3 aromatic rings. The number of aryl methyl sites for hydroxylation is 1. The van der Waals surface area contributed by atoms with Gasteiger partial charge in [-0.25, -0.2) is 4.98 Å². The van der Waals surface area contributed by atoms with Crippen LogP contribution in [0.2, 0.25) is 5.02 Å². The molecule has 1 amide bonds. The molecule has 1 aromatic heterocycles. The summed E-state index contributed by atoms with van der Waals surface area (Å²) in [4.78, 5) is 30.2. The van der Waals surface area contributed by atoms with Crippen LogP contribution in [0.15, 0.2) is 65.2 Å². The highest BCUT2D eigenvalue weighted by molar-refractivity contribution is 6.30. The molecule has 0 saturated heterocycles. The Morgan fingerprint density at radius 1 is 1.10 bits per heavy atom. The van der Waals surface area contributed by atoms with E-state index in [9.17, 15) is 9.59 Å². The first-order chi connectivity index (χ1) is 14.0. The Labute approximate surface area is 174 Å². The summed E-state index contributed by atoms with van der Waals surface area (Å²) in [5.41, 5.74) is 1.79. The number of esters is 1. The van der Waals surface area contributed by atoms with Gasteiger partial charge in [0.15, 0.2) is 11.7 Å². The maximum atomic E-state index is 12.7. The Morgan fingerprint density at radius 2 is 1.83 bits per heavy atom. The number of amides is 1. The Morgan fingerprint density at radius 3 is 2.52 bits per heavy atom. The van der Waals surface area contributed by atoms with Crippen molar-refractivity contribution in [2.45, 2.75) is 19.4 Å². The molecule has 0 fully saturated rings. The van der Waals surface area contributed by atoms with Crippen molar-refractivity contribution < 1.29 is 18.7 Å². The number of oxazole rings is 1. The molecular weight excluding hydrogens is 392 g/mol. The Bertz CT molecular complexity index is 954. The summed E-state index contributed by atoms with van der Waals surface area (Å²) in [7, 11) is 1.30. The highest BCUT2D eigenvalue weighted by Crippen LogP contribution is 2.23. The van der Waals surface area contributed by atoms with E-state index in [0.29, 0.717) is 29.6 Å². The lowest BCUT2D eigenvalue weighted by atomic mass is 10.2. The van der Waals surface area contributed by atoms with Gasteiger partial charge in [0, 0.05) is 30.0 Å². The van der Waals surface area contributed by atoms with Gasteiger partial charge in [-0.1, -0.05) is 41.9 Å². The Balaban J connectivity index is 1.63. The van der Waals surface area contributed by atoms with Crippen molar-refractivity contribution in [3.05, 3.63) is 77.3 Å². The van der Waals surface area contributed by atoms with Crippen LogP contribution in [0, 0.1) is 0 Å². The number of ether oxygens (including phenoxy) is 1. The predicted octanol–water partition coefficient (Wildman–Crippen LogP) is 4.13. The Hall–Kier alpha value is -3.12. The van der Waals surface area contributed by atoms with E-state index < -0.39 is 5.97 Å². The van der Waals surface area contributed by atoms with Crippen molar-refractivity contribution in [1.82, 2.24) is 9.88 Å². The van der Waals surface area contributed by atoms with Crippen LogP contribution in [0.3, 0.4) is 0 Å². The fourth-order valence-electron chi connectivity index (χ4n) is 2.80. The molecule has 0 radical (unpaired) electrons. The second-order valence-corrected chi connectivity index (χ2v) is 6.87. The lowest BCUT2D eigenvalue weighted by molar-refractivity contribution is -0.147. The number of hydrogen-bond acceptors (Lipinski definition) is 5. The van der Waals surface area contributed by atoms with Gasteiger partial charge >= 0.3 is 5.97 Å². The van der Waals surface area contributed by atoms with Crippen LogP contribution in [-0.2, 0) is 27.3 Å². The summed E-state index contributed by atoms with van der Waals surface area (Å²) in [5, 5.41) is 0.642. The smallest absolute Gasteiger partial charge is 0.325 e. The van der Waals surface area contributed by atoms with Crippen LogP contribution >= 0.6 is 11.6 Å². The number of rotatable bonds is 8. The first-order valence-electron chi connectivity index (χ1n) is 9.14. The maximum Gasteiger partial charge on any atom is 0.325 e. The second kappa shape index (κ2) is 9.89. The molecule has 0 aliphatic rings. The van der Waals surface area contributed by atoms with Crippen LogP contribution in [0.4, 0.5) is 0 Å². The predicted molar refractivity (Wildman–Crippen MR) is 109 cm³/mol. The third-order valence-electron chi connectivity index (χ3n) is 4.35. The number of hydrogen-bond donors (Lipinski definition) is 0. The van der Waals surface area contributed by atoms with Crippen LogP contribution in [0.5, 0.6) is 0 Å². The van der Waals surface area contributed by atoms with E-state index in [1.54, 1.807) is 18.3 Å². The van der Waals surface area contributed by atoms with Crippen molar-refractivity contribution in [1.29, 1.82) is 0 Å². The highest BCUT2D eigenvalue weighted by Gasteiger charge is 2.19. The summed E-state index contributed by atoms with van der Waals surface area (Å²) in [6.07, 6.45) is 2.13. The molecule has 0 atom stereocenters. The molecule has 0 aliphatic carbocycles. The van der Waals surface area contributed by atoms with Crippen molar-refractivity contribution in [3.63, 3.8) is 0 Å². The molecule has 2 aromatic carbocycles. The summed E-state index contributed by atoms with van der Waals surface area (Å²) in [6, 6.07) is 16.7. The first-order valence-corrected chi connectivity index (χ1v) is 9.52. The summed E-state index contributed by atoms with van der Waals surface area (Å²) in [5.74, 6) is 0.432. The largest absolute Gasteiger partial charge is 0.468 e. The molecule has 0 saturated carbocycles.